The summed E-state index contributed by atoms with van der Waals surface area (Å²) in [4.78, 5) is 26.1. The molecule has 18 heavy (non-hydrogen) atoms. The molecule has 3 amide bonds. The number of rotatable bonds is 6. The van der Waals surface area contributed by atoms with Gasteiger partial charge in [-0.25, -0.2) is 4.79 Å². The predicted octanol–water partition coefficient (Wildman–Crippen LogP) is -0.0885. The van der Waals surface area contributed by atoms with Crippen molar-refractivity contribution < 1.29 is 9.59 Å². The molecule has 0 aliphatic carbocycles. The third-order valence-electron chi connectivity index (χ3n) is 2.08. The van der Waals surface area contributed by atoms with Crippen molar-refractivity contribution in [3.05, 3.63) is 24.0 Å². The van der Waals surface area contributed by atoms with E-state index in [1.54, 1.807) is 18.3 Å². The average Bonchev–Trinajstić information content (AvgIpc) is 2.35. The Morgan fingerprint density at radius 2 is 2.06 bits per heavy atom. The van der Waals surface area contributed by atoms with E-state index in [9.17, 15) is 9.59 Å². The van der Waals surface area contributed by atoms with Gasteiger partial charge in [0.15, 0.2) is 0 Å². The van der Waals surface area contributed by atoms with Gasteiger partial charge in [-0.05, 0) is 19.1 Å². The number of anilines is 1. The molecule has 0 unspecified atom stereocenters. The summed E-state index contributed by atoms with van der Waals surface area (Å²) in [5.74, 6) is -0.291. The van der Waals surface area contributed by atoms with Gasteiger partial charge in [0.1, 0.15) is 5.69 Å². The van der Waals surface area contributed by atoms with Crippen LogP contribution in [0.15, 0.2) is 18.3 Å². The van der Waals surface area contributed by atoms with Crippen LogP contribution in [0.1, 0.15) is 17.4 Å². The molecular weight excluding hydrogens is 234 g/mol. The summed E-state index contributed by atoms with van der Waals surface area (Å²) in [6.07, 6.45) is 1.56. The van der Waals surface area contributed by atoms with Gasteiger partial charge in [-0.1, -0.05) is 0 Å². The summed E-state index contributed by atoms with van der Waals surface area (Å²) in [6.45, 7) is 3.33. The maximum absolute atomic E-state index is 11.7. The number of primary amides is 1. The van der Waals surface area contributed by atoms with Gasteiger partial charge in [-0.2, -0.15) is 0 Å². The maximum Gasteiger partial charge on any atom is 0.312 e. The van der Waals surface area contributed by atoms with Crippen LogP contribution < -0.4 is 21.7 Å². The minimum atomic E-state index is -0.614. The lowest BCUT2D eigenvalue weighted by atomic mass is 10.3. The second kappa shape index (κ2) is 7.10. The molecule has 0 atom stereocenters. The van der Waals surface area contributed by atoms with E-state index in [-0.39, 0.29) is 12.5 Å². The van der Waals surface area contributed by atoms with Gasteiger partial charge in [0.25, 0.3) is 5.91 Å². The van der Waals surface area contributed by atoms with E-state index in [1.165, 1.54) is 0 Å². The van der Waals surface area contributed by atoms with Crippen LogP contribution in [0.4, 0.5) is 10.5 Å². The van der Waals surface area contributed by atoms with Crippen molar-refractivity contribution in [3.63, 3.8) is 0 Å². The number of hydrogen-bond donors (Lipinski definition) is 4. The Balaban J connectivity index is 2.45. The molecule has 7 heteroatoms. The van der Waals surface area contributed by atoms with Gasteiger partial charge in [0, 0.05) is 31.5 Å². The smallest absolute Gasteiger partial charge is 0.312 e. The Labute approximate surface area is 105 Å². The number of hydrogen-bond acceptors (Lipinski definition) is 4. The number of carbonyl (C=O) groups excluding carboxylic acids is 2. The molecule has 0 radical (unpaired) electrons. The topological polar surface area (TPSA) is 109 Å². The van der Waals surface area contributed by atoms with E-state index in [2.05, 4.69) is 20.9 Å². The van der Waals surface area contributed by atoms with Crippen LogP contribution in [-0.2, 0) is 0 Å². The zero-order valence-electron chi connectivity index (χ0n) is 10.2. The normalized spacial score (nSPS) is 9.61. The van der Waals surface area contributed by atoms with E-state index < -0.39 is 6.03 Å². The molecule has 5 N–H and O–H groups in total. The van der Waals surface area contributed by atoms with Crippen molar-refractivity contribution in [3.8, 4) is 0 Å². The van der Waals surface area contributed by atoms with E-state index in [0.29, 0.717) is 12.2 Å². The van der Waals surface area contributed by atoms with Crippen LogP contribution in [0.5, 0.6) is 0 Å². The van der Waals surface area contributed by atoms with Gasteiger partial charge in [0.2, 0.25) is 0 Å². The van der Waals surface area contributed by atoms with Gasteiger partial charge >= 0.3 is 6.03 Å². The van der Waals surface area contributed by atoms with Gasteiger partial charge < -0.3 is 21.7 Å². The molecule has 0 aliphatic rings. The van der Waals surface area contributed by atoms with Crippen LogP contribution >= 0.6 is 0 Å². The fourth-order valence-electron chi connectivity index (χ4n) is 1.32. The number of amides is 3. The number of pyridine rings is 1. The standard InChI is InChI=1S/C11H17N5O2/c1-2-13-8-3-4-14-9(7-8)10(17)15-5-6-16-11(12)18/h3-4,7H,2,5-6H2,1H3,(H,13,14)(H,15,17)(H3,12,16,18). The molecule has 1 aromatic rings. The highest BCUT2D eigenvalue weighted by Gasteiger charge is 2.06. The minimum absolute atomic E-state index is 0.286. The summed E-state index contributed by atoms with van der Waals surface area (Å²) in [5.41, 5.74) is 6.06. The first-order chi connectivity index (χ1) is 8.63. The van der Waals surface area contributed by atoms with Crippen LogP contribution in [0.3, 0.4) is 0 Å². The number of nitrogens with one attached hydrogen (secondary N) is 3. The second-order valence-electron chi connectivity index (χ2n) is 3.51. The first-order valence-electron chi connectivity index (χ1n) is 5.65. The Kier molecular flexibility index (Phi) is 5.43. The molecule has 0 aliphatic heterocycles. The van der Waals surface area contributed by atoms with Crippen LogP contribution in [0.25, 0.3) is 0 Å². The van der Waals surface area contributed by atoms with Crippen LogP contribution in [0, 0.1) is 0 Å². The number of aromatic nitrogens is 1. The molecular formula is C11H17N5O2. The highest BCUT2D eigenvalue weighted by Crippen LogP contribution is 2.07. The summed E-state index contributed by atoms with van der Waals surface area (Å²) in [6, 6.07) is 2.84. The summed E-state index contributed by atoms with van der Waals surface area (Å²) in [7, 11) is 0. The Morgan fingerprint density at radius 1 is 1.33 bits per heavy atom. The highest BCUT2D eigenvalue weighted by atomic mass is 16.2. The Bertz CT molecular complexity index is 422. The summed E-state index contributed by atoms with van der Waals surface area (Å²) >= 11 is 0. The fraction of sp³-hybridized carbons (Fsp3) is 0.364. The second-order valence-corrected chi connectivity index (χ2v) is 3.51. The van der Waals surface area contributed by atoms with Crippen molar-refractivity contribution in [2.24, 2.45) is 5.73 Å². The lowest BCUT2D eigenvalue weighted by Crippen LogP contribution is -2.37. The Hall–Kier alpha value is -2.31. The van der Waals surface area contributed by atoms with Crippen molar-refractivity contribution >= 4 is 17.6 Å². The predicted molar refractivity (Wildman–Crippen MR) is 68.3 cm³/mol. The van der Waals surface area contributed by atoms with Crippen molar-refractivity contribution in [2.45, 2.75) is 6.92 Å². The Morgan fingerprint density at radius 3 is 2.72 bits per heavy atom. The summed E-state index contributed by atoms with van der Waals surface area (Å²) < 4.78 is 0. The molecule has 1 heterocycles. The largest absolute Gasteiger partial charge is 0.385 e. The molecule has 7 nitrogen and oxygen atoms in total. The quantitative estimate of drug-likeness (QED) is 0.530. The molecule has 0 saturated heterocycles. The third-order valence-corrected chi connectivity index (χ3v) is 2.08. The monoisotopic (exact) mass is 251 g/mol. The molecule has 0 saturated carbocycles. The zero-order valence-corrected chi connectivity index (χ0v) is 10.2. The summed E-state index contributed by atoms with van der Waals surface area (Å²) in [5, 5.41) is 8.09. The van der Waals surface area contributed by atoms with Crippen LogP contribution in [-0.4, -0.2) is 36.6 Å². The number of nitrogens with two attached hydrogens (primary N) is 1. The number of carbonyl (C=O) groups is 2. The van der Waals surface area contributed by atoms with Gasteiger partial charge in [-0.3, -0.25) is 9.78 Å². The lowest BCUT2D eigenvalue weighted by Gasteiger charge is -2.07. The first kappa shape index (κ1) is 13.8. The maximum atomic E-state index is 11.7. The van der Waals surface area contributed by atoms with E-state index >= 15 is 0 Å². The number of urea groups is 1. The van der Waals surface area contributed by atoms with E-state index in [1.807, 2.05) is 6.92 Å². The van der Waals surface area contributed by atoms with Crippen molar-refractivity contribution in [1.82, 2.24) is 15.6 Å². The SMILES string of the molecule is CCNc1ccnc(C(=O)NCCNC(N)=O)c1. The molecule has 0 spiro atoms. The zero-order chi connectivity index (χ0) is 13.4. The molecule has 0 aromatic carbocycles. The lowest BCUT2D eigenvalue weighted by molar-refractivity contribution is 0.0949. The minimum Gasteiger partial charge on any atom is -0.385 e. The average molecular weight is 251 g/mol. The van der Waals surface area contributed by atoms with Gasteiger partial charge in [-0.15, -0.1) is 0 Å². The number of nitrogens with zero attached hydrogens (tertiary/aromatic N) is 1. The van der Waals surface area contributed by atoms with Crippen molar-refractivity contribution in [1.29, 1.82) is 0 Å². The first-order valence-corrected chi connectivity index (χ1v) is 5.65. The van der Waals surface area contributed by atoms with Crippen LogP contribution in [0.2, 0.25) is 0 Å². The molecule has 1 rings (SSSR count). The fourth-order valence-corrected chi connectivity index (χ4v) is 1.32. The molecule has 1 aromatic heterocycles. The van der Waals surface area contributed by atoms with Gasteiger partial charge in [0.05, 0.1) is 0 Å². The highest BCUT2D eigenvalue weighted by molar-refractivity contribution is 5.93. The molecule has 0 bridgehead atoms. The molecule has 0 fully saturated rings. The third kappa shape index (κ3) is 4.69. The van der Waals surface area contributed by atoms with Crippen molar-refractivity contribution in [2.75, 3.05) is 25.0 Å². The molecule has 98 valence electrons. The van der Waals surface area contributed by atoms with E-state index in [4.69, 9.17) is 5.73 Å². The van der Waals surface area contributed by atoms with E-state index in [0.717, 1.165) is 12.2 Å².